The monoisotopic (exact) mass is 495 g/mol. The van der Waals surface area contributed by atoms with Gasteiger partial charge in [-0.2, -0.15) is 9.40 Å². The quantitative estimate of drug-likeness (QED) is 0.533. The third-order valence-corrected chi connectivity index (χ3v) is 9.16. The predicted molar refractivity (Wildman–Crippen MR) is 126 cm³/mol. The number of rotatable bonds is 5. The maximum atomic E-state index is 13.5. The van der Waals surface area contributed by atoms with E-state index in [2.05, 4.69) is 5.10 Å². The smallest absolute Gasteiger partial charge is 0.254 e. The summed E-state index contributed by atoms with van der Waals surface area (Å²) in [4.78, 5) is 19.9. The van der Waals surface area contributed by atoms with Crippen molar-refractivity contribution in [1.82, 2.24) is 24.0 Å². The van der Waals surface area contributed by atoms with Crippen molar-refractivity contribution in [2.24, 2.45) is 0 Å². The number of fused-ring (bicyclic) bond motifs is 1. The number of hydrogen-bond acceptors (Lipinski definition) is 6. The van der Waals surface area contributed by atoms with Crippen LogP contribution in [0.5, 0.6) is 0 Å². The van der Waals surface area contributed by atoms with E-state index in [0.717, 1.165) is 22.4 Å². The van der Waals surface area contributed by atoms with E-state index >= 15 is 0 Å². The standard InChI is InChI=1S/C21H26ClN5O3S2/c1-13(2)17-11-15(16-12-23-27(14(3)4)20(16)24-17)21(28)25-7-9-26(10-8-25)32(29,30)19-6-5-18(22)31-19/h5-6,11-14H,7-10H2,1-4H3. The summed E-state index contributed by atoms with van der Waals surface area (Å²) in [6.45, 7) is 9.24. The van der Waals surface area contributed by atoms with Gasteiger partial charge in [-0.1, -0.05) is 25.4 Å². The van der Waals surface area contributed by atoms with Gasteiger partial charge in [0.15, 0.2) is 5.65 Å². The molecule has 3 aromatic rings. The van der Waals surface area contributed by atoms with Crippen LogP contribution in [-0.4, -0.2) is 64.5 Å². The highest BCUT2D eigenvalue weighted by molar-refractivity contribution is 7.91. The second-order valence-electron chi connectivity index (χ2n) is 8.42. The van der Waals surface area contributed by atoms with Crippen LogP contribution in [0, 0.1) is 0 Å². The molecule has 1 saturated heterocycles. The van der Waals surface area contributed by atoms with Crippen molar-refractivity contribution in [3.8, 4) is 0 Å². The lowest BCUT2D eigenvalue weighted by atomic mass is 10.0. The van der Waals surface area contributed by atoms with Gasteiger partial charge in [-0.15, -0.1) is 11.3 Å². The molecule has 172 valence electrons. The molecule has 0 aliphatic carbocycles. The Hall–Kier alpha value is -2.01. The van der Waals surface area contributed by atoms with Crippen molar-refractivity contribution >= 4 is 49.9 Å². The highest BCUT2D eigenvalue weighted by Gasteiger charge is 2.32. The molecular weight excluding hydrogens is 470 g/mol. The van der Waals surface area contributed by atoms with Crippen LogP contribution in [0.4, 0.5) is 0 Å². The minimum absolute atomic E-state index is 0.116. The van der Waals surface area contributed by atoms with Gasteiger partial charge in [0.1, 0.15) is 4.21 Å². The van der Waals surface area contributed by atoms with Gasteiger partial charge in [0.25, 0.3) is 15.9 Å². The number of amides is 1. The molecule has 0 spiro atoms. The number of carbonyl (C=O) groups is 1. The normalized spacial score (nSPS) is 15.9. The van der Waals surface area contributed by atoms with E-state index in [1.807, 2.05) is 38.4 Å². The molecule has 1 amide bonds. The van der Waals surface area contributed by atoms with Crippen molar-refractivity contribution in [2.75, 3.05) is 26.2 Å². The summed E-state index contributed by atoms with van der Waals surface area (Å²) in [6.07, 6.45) is 1.70. The maximum absolute atomic E-state index is 13.5. The third kappa shape index (κ3) is 4.16. The van der Waals surface area contributed by atoms with E-state index < -0.39 is 10.0 Å². The first-order valence-corrected chi connectivity index (χ1v) is 13.2. The number of thiophene rings is 1. The molecule has 4 heterocycles. The summed E-state index contributed by atoms with van der Waals surface area (Å²) >= 11 is 6.95. The van der Waals surface area contributed by atoms with Gasteiger partial charge in [-0.25, -0.2) is 18.1 Å². The zero-order valence-electron chi connectivity index (χ0n) is 18.4. The van der Waals surface area contributed by atoms with Crippen LogP contribution < -0.4 is 0 Å². The second kappa shape index (κ2) is 8.74. The van der Waals surface area contributed by atoms with Crippen LogP contribution in [-0.2, 0) is 10.0 Å². The molecule has 0 atom stereocenters. The Morgan fingerprint density at radius 3 is 2.38 bits per heavy atom. The lowest BCUT2D eigenvalue weighted by Crippen LogP contribution is -2.50. The number of pyridine rings is 1. The summed E-state index contributed by atoms with van der Waals surface area (Å²) in [5, 5.41) is 5.17. The summed E-state index contributed by atoms with van der Waals surface area (Å²) in [6, 6.07) is 5.06. The lowest BCUT2D eigenvalue weighted by Gasteiger charge is -2.34. The molecule has 1 aliphatic rings. The molecule has 0 N–H and O–H groups in total. The third-order valence-electron chi connectivity index (χ3n) is 5.57. The van der Waals surface area contributed by atoms with Crippen molar-refractivity contribution in [2.45, 2.75) is 43.9 Å². The lowest BCUT2D eigenvalue weighted by molar-refractivity contribution is 0.0699. The molecule has 4 rings (SSSR count). The highest BCUT2D eigenvalue weighted by atomic mass is 35.5. The first kappa shape index (κ1) is 23.2. The number of hydrogen-bond donors (Lipinski definition) is 0. The van der Waals surface area contributed by atoms with Crippen molar-refractivity contribution < 1.29 is 13.2 Å². The van der Waals surface area contributed by atoms with Crippen LogP contribution in [0.3, 0.4) is 0 Å². The Bertz CT molecular complexity index is 1260. The van der Waals surface area contributed by atoms with Crippen molar-refractivity contribution in [3.63, 3.8) is 0 Å². The molecule has 8 nitrogen and oxygen atoms in total. The Kier molecular flexibility index (Phi) is 6.32. The van der Waals surface area contributed by atoms with E-state index in [0.29, 0.717) is 28.6 Å². The summed E-state index contributed by atoms with van der Waals surface area (Å²) in [5.41, 5.74) is 2.09. The minimum Gasteiger partial charge on any atom is -0.336 e. The molecule has 1 aliphatic heterocycles. The molecule has 0 unspecified atom stereocenters. The number of halogens is 1. The maximum Gasteiger partial charge on any atom is 0.254 e. The summed E-state index contributed by atoms with van der Waals surface area (Å²) in [7, 11) is -3.61. The van der Waals surface area contributed by atoms with Crippen LogP contribution in [0.15, 0.2) is 28.6 Å². The van der Waals surface area contributed by atoms with E-state index in [4.69, 9.17) is 16.6 Å². The molecule has 32 heavy (non-hydrogen) atoms. The van der Waals surface area contributed by atoms with E-state index in [9.17, 15) is 13.2 Å². The van der Waals surface area contributed by atoms with Gasteiger partial charge < -0.3 is 4.90 Å². The Labute approximate surface area is 196 Å². The number of nitrogens with zero attached hydrogens (tertiary/aromatic N) is 5. The highest BCUT2D eigenvalue weighted by Crippen LogP contribution is 2.29. The molecule has 0 radical (unpaired) electrons. The zero-order chi connectivity index (χ0) is 23.2. The average molecular weight is 496 g/mol. The Morgan fingerprint density at radius 1 is 1.12 bits per heavy atom. The van der Waals surface area contributed by atoms with E-state index in [-0.39, 0.29) is 35.2 Å². The van der Waals surface area contributed by atoms with Crippen LogP contribution in [0.1, 0.15) is 55.7 Å². The van der Waals surface area contributed by atoms with Gasteiger partial charge in [-0.05, 0) is 38.0 Å². The average Bonchev–Trinajstić information content (AvgIpc) is 3.39. The topological polar surface area (TPSA) is 88.4 Å². The fraction of sp³-hybridized carbons (Fsp3) is 0.476. The largest absolute Gasteiger partial charge is 0.336 e. The molecule has 0 saturated carbocycles. The van der Waals surface area contributed by atoms with E-state index in [1.54, 1.807) is 17.2 Å². The molecule has 3 aromatic heterocycles. The summed E-state index contributed by atoms with van der Waals surface area (Å²) in [5.74, 6) is 0.0277. The number of piperazine rings is 1. The minimum atomic E-state index is -3.61. The molecule has 11 heteroatoms. The fourth-order valence-electron chi connectivity index (χ4n) is 3.75. The first-order valence-electron chi connectivity index (χ1n) is 10.5. The van der Waals surface area contributed by atoms with Crippen LogP contribution in [0.2, 0.25) is 4.34 Å². The predicted octanol–water partition coefficient (Wildman–Crippen LogP) is 4.00. The van der Waals surface area contributed by atoms with Gasteiger partial charge in [0.2, 0.25) is 0 Å². The van der Waals surface area contributed by atoms with Crippen LogP contribution in [0.25, 0.3) is 11.0 Å². The van der Waals surface area contributed by atoms with Gasteiger partial charge >= 0.3 is 0 Å². The van der Waals surface area contributed by atoms with Gasteiger partial charge in [0, 0.05) is 37.9 Å². The SMILES string of the molecule is CC(C)c1cc(C(=O)N2CCN(S(=O)(=O)c3ccc(Cl)s3)CC2)c2cnn(C(C)C)c2n1. The number of aromatic nitrogens is 3. The summed E-state index contributed by atoms with van der Waals surface area (Å²) < 4.78 is 29.6. The van der Waals surface area contributed by atoms with Gasteiger partial charge in [-0.3, -0.25) is 4.79 Å². The molecular formula is C21H26ClN5O3S2. The molecule has 0 aromatic carbocycles. The fourth-order valence-corrected chi connectivity index (χ4v) is 6.81. The second-order valence-corrected chi connectivity index (χ2v) is 12.3. The zero-order valence-corrected chi connectivity index (χ0v) is 20.8. The van der Waals surface area contributed by atoms with Crippen LogP contribution >= 0.6 is 22.9 Å². The van der Waals surface area contributed by atoms with E-state index in [1.165, 1.54) is 10.4 Å². The van der Waals surface area contributed by atoms with Crippen molar-refractivity contribution in [1.29, 1.82) is 0 Å². The number of sulfonamides is 1. The Morgan fingerprint density at radius 2 is 1.81 bits per heavy atom. The van der Waals surface area contributed by atoms with Crippen molar-refractivity contribution in [3.05, 3.63) is 40.0 Å². The molecule has 0 bridgehead atoms. The number of carbonyl (C=O) groups excluding carboxylic acids is 1. The Balaban J connectivity index is 1.59. The van der Waals surface area contributed by atoms with Gasteiger partial charge in [0.05, 0.1) is 21.5 Å². The molecule has 1 fully saturated rings. The first-order chi connectivity index (χ1) is 15.1.